The van der Waals surface area contributed by atoms with Gasteiger partial charge in [0.15, 0.2) is 0 Å². The van der Waals surface area contributed by atoms with E-state index in [0.29, 0.717) is 5.92 Å². The molecular weight excluding hydrogens is 351 g/mol. The summed E-state index contributed by atoms with van der Waals surface area (Å²) < 4.78 is 13.0. The molecule has 2 aromatic carbocycles. The Morgan fingerprint density at radius 1 is 1.07 bits per heavy atom. The summed E-state index contributed by atoms with van der Waals surface area (Å²) in [4.78, 5) is 2.53. The topological polar surface area (TPSA) is 35.8 Å². The molecule has 0 saturated carbocycles. The van der Waals surface area contributed by atoms with Crippen LogP contribution in [0.15, 0.2) is 47.6 Å². The average Bonchev–Trinajstić information content (AvgIpc) is 2.71. The van der Waals surface area contributed by atoms with E-state index in [1.807, 2.05) is 18.2 Å². The summed E-state index contributed by atoms with van der Waals surface area (Å²) in [5.41, 5.74) is 5.00. The number of likely N-dealkylation sites (tertiary alicyclic amines) is 1. The molecule has 0 aromatic heterocycles. The van der Waals surface area contributed by atoms with E-state index < -0.39 is 0 Å². The van der Waals surface area contributed by atoms with Crippen molar-refractivity contribution in [1.29, 1.82) is 0 Å². The van der Waals surface area contributed by atoms with Gasteiger partial charge < -0.3 is 10.1 Å². The third-order valence-corrected chi connectivity index (χ3v) is 5.80. The van der Waals surface area contributed by atoms with Gasteiger partial charge in [-0.25, -0.2) is 4.39 Å². The average molecular weight is 383 g/mol. The van der Waals surface area contributed by atoms with Gasteiger partial charge in [0.2, 0.25) is 0 Å². The first kappa shape index (κ1) is 20.5. The fourth-order valence-corrected chi connectivity index (χ4v) is 4.16. The van der Waals surface area contributed by atoms with E-state index in [1.54, 1.807) is 12.1 Å². The van der Waals surface area contributed by atoms with Gasteiger partial charge in [-0.15, -0.1) is 0 Å². The van der Waals surface area contributed by atoms with E-state index in [1.165, 1.54) is 35.7 Å². The maximum absolute atomic E-state index is 13.0. The van der Waals surface area contributed by atoms with Gasteiger partial charge in [0.25, 0.3) is 0 Å². The minimum atomic E-state index is -0.165. The van der Waals surface area contributed by atoms with Crippen LogP contribution in [0.5, 0.6) is 0 Å². The highest BCUT2D eigenvalue weighted by molar-refractivity contribution is 5.79. The van der Waals surface area contributed by atoms with Crippen molar-refractivity contribution in [3.8, 4) is 0 Å². The molecule has 0 unspecified atom stereocenters. The number of hydrogen-bond acceptors (Lipinski definition) is 3. The lowest BCUT2D eigenvalue weighted by Crippen LogP contribution is -2.35. The molecule has 1 saturated heterocycles. The number of benzene rings is 2. The molecule has 2 aromatic rings. The third-order valence-electron chi connectivity index (χ3n) is 5.80. The maximum atomic E-state index is 13.0. The van der Waals surface area contributed by atoms with E-state index in [2.05, 4.69) is 29.1 Å². The predicted molar refractivity (Wildman–Crippen MR) is 113 cm³/mol. The van der Waals surface area contributed by atoms with Crippen molar-refractivity contribution in [2.45, 2.75) is 45.4 Å². The van der Waals surface area contributed by atoms with Crippen LogP contribution in [0, 0.1) is 11.7 Å². The van der Waals surface area contributed by atoms with Crippen molar-refractivity contribution in [3.63, 3.8) is 0 Å². The van der Waals surface area contributed by atoms with Crippen LogP contribution in [0.3, 0.4) is 0 Å². The first-order chi connectivity index (χ1) is 13.7. The number of oxime groups is 1. The summed E-state index contributed by atoms with van der Waals surface area (Å²) >= 11 is 0. The highest BCUT2D eigenvalue weighted by Crippen LogP contribution is 2.25. The molecule has 0 aliphatic carbocycles. The van der Waals surface area contributed by atoms with Crippen LogP contribution >= 0.6 is 0 Å². The fraction of sp³-hybridized carbons (Fsp3) is 0.458. The number of piperidine rings is 1. The molecule has 0 amide bonds. The Balaban J connectivity index is 1.52. The lowest BCUT2D eigenvalue weighted by molar-refractivity contribution is 0.185. The highest BCUT2D eigenvalue weighted by atomic mass is 19.1. The molecule has 1 aliphatic heterocycles. The summed E-state index contributed by atoms with van der Waals surface area (Å²) in [5, 5.41) is 12.0. The van der Waals surface area contributed by atoms with Gasteiger partial charge in [0.1, 0.15) is 5.82 Å². The van der Waals surface area contributed by atoms with E-state index in [-0.39, 0.29) is 5.82 Å². The van der Waals surface area contributed by atoms with Crippen molar-refractivity contribution in [1.82, 2.24) is 4.90 Å². The molecule has 0 spiro atoms. The lowest BCUT2D eigenvalue weighted by atomic mass is 9.87. The van der Waals surface area contributed by atoms with Crippen LogP contribution in [0.4, 0.5) is 4.39 Å². The van der Waals surface area contributed by atoms with Gasteiger partial charge in [-0.05, 0) is 91.6 Å². The molecule has 1 N–H and O–H groups in total. The summed E-state index contributed by atoms with van der Waals surface area (Å²) in [6, 6.07) is 13.3. The van der Waals surface area contributed by atoms with E-state index in [4.69, 9.17) is 5.21 Å². The Kier molecular flexibility index (Phi) is 7.61. The lowest BCUT2D eigenvalue weighted by Gasteiger charge is -2.32. The van der Waals surface area contributed by atoms with Crippen LogP contribution in [-0.4, -0.2) is 36.0 Å². The van der Waals surface area contributed by atoms with Gasteiger partial charge in [-0.3, -0.25) is 0 Å². The maximum Gasteiger partial charge on any atom is 0.123 e. The van der Waals surface area contributed by atoms with Gasteiger partial charge in [0.05, 0.1) is 6.21 Å². The number of rotatable bonds is 8. The molecule has 1 heterocycles. The number of aryl methyl sites for hydroxylation is 1. The SMILES string of the molecule is CCCc1ccc(/C=N/O)cc1CC1CCN(CCc2ccc(F)cc2)CC1. The zero-order valence-electron chi connectivity index (χ0n) is 16.8. The van der Waals surface area contributed by atoms with Gasteiger partial charge >= 0.3 is 0 Å². The first-order valence-electron chi connectivity index (χ1n) is 10.4. The molecule has 4 heteroatoms. The number of halogens is 1. The molecule has 1 aliphatic rings. The zero-order valence-corrected chi connectivity index (χ0v) is 16.8. The van der Waals surface area contributed by atoms with Crippen LogP contribution in [-0.2, 0) is 19.3 Å². The smallest absolute Gasteiger partial charge is 0.123 e. The van der Waals surface area contributed by atoms with Crippen molar-refractivity contribution in [2.24, 2.45) is 11.1 Å². The van der Waals surface area contributed by atoms with Crippen LogP contribution in [0.1, 0.15) is 48.4 Å². The highest BCUT2D eigenvalue weighted by Gasteiger charge is 2.20. The molecule has 1 fully saturated rings. The second-order valence-electron chi connectivity index (χ2n) is 7.89. The number of nitrogens with zero attached hydrogens (tertiary/aromatic N) is 2. The molecule has 0 bridgehead atoms. The molecule has 3 nitrogen and oxygen atoms in total. The Morgan fingerprint density at radius 2 is 1.82 bits per heavy atom. The Bertz CT molecular complexity index is 765. The van der Waals surface area contributed by atoms with Crippen LogP contribution < -0.4 is 0 Å². The molecule has 0 radical (unpaired) electrons. The Labute approximate surface area is 167 Å². The first-order valence-corrected chi connectivity index (χ1v) is 10.4. The van der Waals surface area contributed by atoms with Crippen molar-refractivity contribution < 1.29 is 9.60 Å². The number of hydrogen-bond donors (Lipinski definition) is 1. The quantitative estimate of drug-likeness (QED) is 0.392. The third kappa shape index (κ3) is 5.90. The van der Waals surface area contributed by atoms with Crippen molar-refractivity contribution >= 4 is 6.21 Å². The molecule has 28 heavy (non-hydrogen) atoms. The Hall–Kier alpha value is -2.20. The minimum absolute atomic E-state index is 0.165. The Morgan fingerprint density at radius 3 is 2.50 bits per heavy atom. The second-order valence-corrected chi connectivity index (χ2v) is 7.89. The van der Waals surface area contributed by atoms with Gasteiger partial charge in [0, 0.05) is 6.54 Å². The van der Waals surface area contributed by atoms with Gasteiger partial charge in [-0.1, -0.05) is 42.8 Å². The molecular formula is C24H31FN2O. The van der Waals surface area contributed by atoms with Gasteiger partial charge in [-0.2, -0.15) is 0 Å². The monoisotopic (exact) mass is 382 g/mol. The van der Waals surface area contributed by atoms with E-state index in [0.717, 1.165) is 50.9 Å². The van der Waals surface area contributed by atoms with Crippen LogP contribution in [0.2, 0.25) is 0 Å². The van der Waals surface area contributed by atoms with E-state index >= 15 is 0 Å². The normalized spacial score (nSPS) is 16.1. The predicted octanol–water partition coefficient (Wildman–Crippen LogP) is 5.08. The van der Waals surface area contributed by atoms with Crippen LogP contribution in [0.25, 0.3) is 0 Å². The fourth-order valence-electron chi connectivity index (χ4n) is 4.16. The largest absolute Gasteiger partial charge is 0.411 e. The van der Waals surface area contributed by atoms with E-state index in [9.17, 15) is 4.39 Å². The summed E-state index contributed by atoms with van der Waals surface area (Å²) in [6.07, 6.45) is 8.27. The molecule has 0 atom stereocenters. The summed E-state index contributed by atoms with van der Waals surface area (Å²) in [5.74, 6) is 0.542. The van der Waals surface area contributed by atoms with Crippen molar-refractivity contribution in [3.05, 3.63) is 70.5 Å². The standard InChI is InChI=1S/C24H31FN2O/c1-2-3-22-7-4-21(18-26-28)17-23(22)16-20-11-14-27(15-12-20)13-10-19-5-8-24(25)9-6-19/h4-9,17-18,20,28H,2-3,10-16H2,1H3/b26-18+. The zero-order chi connectivity index (χ0) is 19.8. The summed E-state index contributed by atoms with van der Waals surface area (Å²) in [7, 11) is 0. The minimum Gasteiger partial charge on any atom is -0.411 e. The molecule has 3 rings (SSSR count). The van der Waals surface area contributed by atoms with Crippen molar-refractivity contribution in [2.75, 3.05) is 19.6 Å². The molecule has 150 valence electrons. The second kappa shape index (κ2) is 10.4. The summed E-state index contributed by atoms with van der Waals surface area (Å²) in [6.45, 7) is 5.52.